The Hall–Kier alpha value is -4.64. The van der Waals surface area contributed by atoms with Crippen molar-refractivity contribution in [1.29, 1.82) is 0 Å². The molecule has 0 aliphatic heterocycles. The largest absolute Gasteiger partial charge is 0.423 e. The molecule has 2 aromatic carbocycles. The Kier molecular flexibility index (Phi) is 8.79. The minimum atomic E-state index is -0.774. The molecule has 1 aromatic heterocycles. The van der Waals surface area contributed by atoms with Gasteiger partial charge < -0.3 is 26.8 Å². The third kappa shape index (κ3) is 7.18. The number of carbonyl (C=O) groups excluding carboxylic acids is 3. The number of para-hydroxylation sites is 1. The van der Waals surface area contributed by atoms with Gasteiger partial charge in [0, 0.05) is 5.56 Å². The van der Waals surface area contributed by atoms with E-state index in [1.54, 1.807) is 54.6 Å². The highest BCUT2D eigenvalue weighted by molar-refractivity contribution is 5.99. The van der Waals surface area contributed by atoms with Crippen molar-refractivity contribution in [1.82, 2.24) is 10.3 Å². The molecule has 186 valence electrons. The van der Waals surface area contributed by atoms with E-state index >= 15 is 0 Å². The van der Waals surface area contributed by atoms with Gasteiger partial charge in [-0.3, -0.25) is 9.59 Å². The van der Waals surface area contributed by atoms with Crippen molar-refractivity contribution in [2.45, 2.75) is 19.9 Å². The average molecular weight is 490 g/mol. The highest BCUT2D eigenvalue weighted by Gasteiger charge is 2.20. The van der Waals surface area contributed by atoms with Crippen molar-refractivity contribution < 1.29 is 19.1 Å². The molecule has 36 heavy (non-hydrogen) atoms. The lowest BCUT2D eigenvalue weighted by molar-refractivity contribution is -0.136. The first-order valence-electron chi connectivity index (χ1n) is 11.1. The normalized spacial score (nSPS) is 11.8. The lowest BCUT2D eigenvalue weighted by atomic mass is 10.1. The van der Waals surface area contributed by atoms with Gasteiger partial charge in [-0.15, -0.1) is 10.2 Å². The van der Waals surface area contributed by atoms with Crippen LogP contribution in [0.3, 0.4) is 0 Å². The van der Waals surface area contributed by atoms with Gasteiger partial charge in [0.1, 0.15) is 23.2 Å². The zero-order valence-electron chi connectivity index (χ0n) is 19.8. The zero-order valence-corrected chi connectivity index (χ0v) is 19.8. The number of nitrogens with zero attached hydrogens (tertiary/aromatic N) is 3. The number of azo groups is 1. The van der Waals surface area contributed by atoms with E-state index in [2.05, 4.69) is 25.8 Å². The Morgan fingerprint density at radius 1 is 0.944 bits per heavy atom. The van der Waals surface area contributed by atoms with Crippen molar-refractivity contribution in [3.05, 3.63) is 72.3 Å². The molecule has 0 aliphatic rings. The summed E-state index contributed by atoms with van der Waals surface area (Å²) in [5, 5.41) is 13.3. The van der Waals surface area contributed by atoms with Crippen molar-refractivity contribution in [2.75, 3.05) is 17.6 Å². The maximum atomic E-state index is 12.2. The van der Waals surface area contributed by atoms with E-state index in [4.69, 9.17) is 16.2 Å². The minimum Gasteiger partial charge on any atom is -0.423 e. The fraction of sp³-hybridized carbons (Fsp3) is 0.200. The molecule has 0 bridgehead atoms. The molecule has 11 nitrogen and oxygen atoms in total. The van der Waals surface area contributed by atoms with Crippen LogP contribution in [0.5, 0.6) is 5.75 Å². The molecule has 0 fully saturated rings. The molecule has 1 unspecified atom stereocenters. The standard InChI is InChI=1S/C25H27N7O4/c1-15(2)22(26)25(35)36-19-11-7-6-10-17(19)31-32-18-12-13-20(30-23(18)27)29-21(33)14-28-24(34)16-8-4-3-5-9-16/h3-13,15,22H,14,26H2,1-2H3,(H,28,34)(H3,27,29,30,33)/b32-31+. The molecule has 0 saturated heterocycles. The third-order valence-electron chi connectivity index (χ3n) is 4.95. The van der Waals surface area contributed by atoms with Crippen LogP contribution in [0.15, 0.2) is 77.0 Å². The Labute approximate surface area is 208 Å². The van der Waals surface area contributed by atoms with Gasteiger partial charge in [-0.25, -0.2) is 9.78 Å². The Balaban J connectivity index is 1.61. The summed E-state index contributed by atoms with van der Waals surface area (Å²) in [5.41, 5.74) is 12.8. The van der Waals surface area contributed by atoms with Crippen LogP contribution >= 0.6 is 0 Å². The monoisotopic (exact) mass is 489 g/mol. The van der Waals surface area contributed by atoms with Crippen molar-refractivity contribution >= 4 is 40.8 Å². The first-order valence-corrected chi connectivity index (χ1v) is 11.1. The predicted molar refractivity (Wildman–Crippen MR) is 135 cm³/mol. The maximum Gasteiger partial charge on any atom is 0.328 e. The molecule has 2 amide bonds. The maximum absolute atomic E-state index is 12.2. The predicted octanol–water partition coefficient (Wildman–Crippen LogP) is 3.34. The van der Waals surface area contributed by atoms with Gasteiger partial charge in [0.2, 0.25) is 5.91 Å². The van der Waals surface area contributed by atoms with Crippen LogP contribution in [0.1, 0.15) is 24.2 Å². The number of rotatable bonds is 9. The van der Waals surface area contributed by atoms with Crippen LogP contribution in [0, 0.1) is 5.92 Å². The second-order valence-corrected chi connectivity index (χ2v) is 8.06. The summed E-state index contributed by atoms with van der Waals surface area (Å²) in [5.74, 6) is -1.11. The molecule has 0 aliphatic carbocycles. The summed E-state index contributed by atoms with van der Waals surface area (Å²) in [4.78, 5) is 40.5. The third-order valence-corrected chi connectivity index (χ3v) is 4.95. The van der Waals surface area contributed by atoms with Crippen LogP contribution < -0.4 is 26.8 Å². The number of benzene rings is 2. The van der Waals surface area contributed by atoms with Crippen LogP contribution in [0.4, 0.5) is 23.0 Å². The van der Waals surface area contributed by atoms with Crippen LogP contribution in [0.2, 0.25) is 0 Å². The van der Waals surface area contributed by atoms with Gasteiger partial charge in [-0.2, -0.15) is 0 Å². The Morgan fingerprint density at radius 2 is 1.61 bits per heavy atom. The average Bonchev–Trinajstić information content (AvgIpc) is 2.87. The molecular formula is C25H27N7O4. The van der Waals surface area contributed by atoms with Crippen LogP contribution in [-0.2, 0) is 9.59 Å². The fourth-order valence-electron chi connectivity index (χ4n) is 2.84. The minimum absolute atomic E-state index is 0.0150. The smallest absolute Gasteiger partial charge is 0.328 e. The van der Waals surface area contributed by atoms with E-state index in [-0.39, 0.29) is 41.4 Å². The molecule has 11 heteroatoms. The summed E-state index contributed by atoms with van der Waals surface area (Å²) >= 11 is 0. The molecule has 6 N–H and O–H groups in total. The molecule has 0 spiro atoms. The van der Waals surface area contributed by atoms with E-state index in [1.807, 2.05) is 13.8 Å². The first-order chi connectivity index (χ1) is 17.2. The Bertz CT molecular complexity index is 1260. The van der Waals surface area contributed by atoms with Gasteiger partial charge in [0.25, 0.3) is 5.91 Å². The number of nitrogens with one attached hydrogen (secondary N) is 2. The number of nitrogens with two attached hydrogens (primary N) is 2. The summed E-state index contributed by atoms with van der Waals surface area (Å²) in [6.45, 7) is 3.40. The number of pyridine rings is 1. The first kappa shape index (κ1) is 26.0. The van der Waals surface area contributed by atoms with Crippen molar-refractivity contribution in [2.24, 2.45) is 21.9 Å². The van der Waals surface area contributed by atoms with Gasteiger partial charge in [-0.05, 0) is 42.3 Å². The second kappa shape index (κ2) is 12.2. The van der Waals surface area contributed by atoms with Gasteiger partial charge in [0.15, 0.2) is 11.6 Å². The molecular weight excluding hydrogens is 462 g/mol. The van der Waals surface area contributed by atoms with Gasteiger partial charge >= 0.3 is 5.97 Å². The summed E-state index contributed by atoms with van der Waals surface area (Å²) in [6, 6.07) is 17.4. The summed E-state index contributed by atoms with van der Waals surface area (Å²) in [6.07, 6.45) is 0. The number of ether oxygens (including phenoxy) is 1. The lowest BCUT2D eigenvalue weighted by Crippen LogP contribution is -2.38. The Morgan fingerprint density at radius 3 is 2.31 bits per heavy atom. The lowest BCUT2D eigenvalue weighted by Gasteiger charge is -2.14. The second-order valence-electron chi connectivity index (χ2n) is 8.06. The van der Waals surface area contributed by atoms with E-state index < -0.39 is 17.9 Å². The van der Waals surface area contributed by atoms with Crippen LogP contribution in [-0.4, -0.2) is 35.4 Å². The highest BCUT2D eigenvalue weighted by Crippen LogP contribution is 2.31. The number of esters is 1. The van der Waals surface area contributed by atoms with E-state index in [9.17, 15) is 14.4 Å². The topological polar surface area (TPSA) is 174 Å². The summed E-state index contributed by atoms with van der Waals surface area (Å²) < 4.78 is 5.38. The van der Waals surface area contributed by atoms with Gasteiger partial charge in [-0.1, -0.05) is 44.2 Å². The summed E-state index contributed by atoms with van der Waals surface area (Å²) in [7, 11) is 0. The van der Waals surface area contributed by atoms with Gasteiger partial charge in [0.05, 0.1) is 6.54 Å². The number of nitrogen functional groups attached to an aromatic ring is 1. The van der Waals surface area contributed by atoms with Crippen molar-refractivity contribution in [3.8, 4) is 5.75 Å². The molecule has 1 heterocycles. The fourth-order valence-corrected chi connectivity index (χ4v) is 2.84. The molecule has 0 saturated carbocycles. The molecule has 3 aromatic rings. The number of hydrogen-bond donors (Lipinski definition) is 4. The molecule has 1 atom stereocenters. The highest BCUT2D eigenvalue weighted by atomic mass is 16.5. The van der Waals surface area contributed by atoms with Crippen LogP contribution in [0.25, 0.3) is 0 Å². The quantitative estimate of drug-likeness (QED) is 0.202. The van der Waals surface area contributed by atoms with E-state index in [1.165, 1.54) is 12.1 Å². The SMILES string of the molecule is CC(C)C(N)C(=O)Oc1ccccc1/N=N/c1ccc(NC(=O)CNC(=O)c2ccccc2)nc1N. The van der Waals surface area contributed by atoms with Crippen molar-refractivity contribution in [3.63, 3.8) is 0 Å². The number of carbonyl (C=O) groups is 3. The van der Waals surface area contributed by atoms with E-state index in [0.29, 0.717) is 11.3 Å². The number of hydrogen-bond acceptors (Lipinski definition) is 9. The van der Waals surface area contributed by atoms with E-state index in [0.717, 1.165) is 0 Å². The number of anilines is 2. The zero-order chi connectivity index (χ0) is 26.1. The molecule has 3 rings (SSSR count). The number of amides is 2. The molecule has 0 radical (unpaired) electrons. The number of aromatic nitrogens is 1.